The maximum Gasteiger partial charge on any atom is 0.258 e. The molecule has 0 radical (unpaired) electrons. The first-order valence-electron chi connectivity index (χ1n) is 14.6. The lowest BCUT2D eigenvalue weighted by Gasteiger charge is -2.47. The molecule has 0 aliphatic carbocycles. The van der Waals surface area contributed by atoms with Crippen LogP contribution in [0.4, 0.5) is 0 Å². The number of piperazine rings is 1. The Morgan fingerprint density at radius 3 is 2.41 bits per heavy atom. The van der Waals surface area contributed by atoms with Crippen molar-refractivity contribution in [3.8, 4) is 5.75 Å². The molecule has 0 spiro atoms. The van der Waals surface area contributed by atoms with E-state index in [0.717, 1.165) is 18.7 Å². The normalized spacial score (nSPS) is 22.9. The average Bonchev–Trinajstić information content (AvgIpc) is 2.92. The lowest BCUT2D eigenvalue weighted by molar-refractivity contribution is -0.143. The van der Waals surface area contributed by atoms with Gasteiger partial charge < -0.3 is 29.9 Å². The van der Waals surface area contributed by atoms with Gasteiger partial charge in [0.05, 0.1) is 13.2 Å². The number of amides is 4. The first-order valence-corrected chi connectivity index (χ1v) is 14.6. The molecule has 228 valence electrons. The van der Waals surface area contributed by atoms with Crippen molar-refractivity contribution in [3.63, 3.8) is 0 Å². The molecular formula is C30H47N5O6. The van der Waals surface area contributed by atoms with Crippen LogP contribution in [0.25, 0.3) is 0 Å². The molecule has 0 aromatic heterocycles. The van der Waals surface area contributed by atoms with Gasteiger partial charge in [-0.3, -0.25) is 24.1 Å². The first kappa shape index (κ1) is 32.3. The number of methoxy groups -OCH3 is 1. The zero-order valence-electron chi connectivity index (χ0n) is 25.4. The Morgan fingerprint density at radius 1 is 1.10 bits per heavy atom. The van der Waals surface area contributed by atoms with Crippen LogP contribution in [0.5, 0.6) is 5.75 Å². The zero-order chi connectivity index (χ0) is 30.2. The van der Waals surface area contributed by atoms with Gasteiger partial charge in [-0.05, 0) is 50.4 Å². The van der Waals surface area contributed by atoms with Crippen LogP contribution >= 0.6 is 0 Å². The Morgan fingerprint density at radius 2 is 1.80 bits per heavy atom. The predicted molar refractivity (Wildman–Crippen MR) is 155 cm³/mol. The highest BCUT2D eigenvalue weighted by molar-refractivity contribution is 5.93. The Hall–Kier alpha value is -3.18. The number of likely N-dealkylation sites (N-methyl/N-ethyl adjacent to an activating group) is 1. The second-order valence-electron chi connectivity index (χ2n) is 11.9. The van der Waals surface area contributed by atoms with E-state index in [4.69, 9.17) is 9.47 Å². The summed E-state index contributed by atoms with van der Waals surface area (Å²) in [6.07, 6.45) is 0.673. The number of hydrogen-bond donors (Lipinski definition) is 2. The Bertz CT molecular complexity index is 1060. The standard InChI is InChI=1S/C30H47N5O6/c1-7-35-13-12-34(20-30(35,4)5)29(39)25-17-22-8-10-23(11-9-22)41-19-27(37)32-24(16-21(2)3)28(38)33(14-15-40-6)18-26(36)31-25/h8-11,21,24-25H,7,12-20H2,1-6H3,(H,31,36)(H,32,37)/t24-,25-/m0/s1. The van der Waals surface area contributed by atoms with Gasteiger partial charge in [0.15, 0.2) is 6.61 Å². The molecule has 1 fully saturated rings. The van der Waals surface area contributed by atoms with E-state index in [1.807, 2.05) is 30.9 Å². The van der Waals surface area contributed by atoms with Crippen molar-refractivity contribution in [1.29, 1.82) is 0 Å². The third-order valence-electron chi connectivity index (χ3n) is 7.69. The third-order valence-corrected chi connectivity index (χ3v) is 7.69. The van der Waals surface area contributed by atoms with Crippen LogP contribution in [-0.2, 0) is 30.3 Å². The van der Waals surface area contributed by atoms with Crippen molar-refractivity contribution in [2.75, 3.05) is 59.6 Å². The number of rotatable bonds is 7. The van der Waals surface area contributed by atoms with E-state index in [0.29, 0.717) is 25.3 Å². The highest BCUT2D eigenvalue weighted by Crippen LogP contribution is 2.22. The summed E-state index contributed by atoms with van der Waals surface area (Å²) >= 11 is 0. The molecule has 1 aromatic rings. The molecule has 41 heavy (non-hydrogen) atoms. The summed E-state index contributed by atoms with van der Waals surface area (Å²) in [6, 6.07) is 5.51. The van der Waals surface area contributed by atoms with Gasteiger partial charge >= 0.3 is 0 Å². The fraction of sp³-hybridized carbons (Fsp3) is 0.667. The average molecular weight is 574 g/mol. The van der Waals surface area contributed by atoms with Crippen molar-refractivity contribution in [1.82, 2.24) is 25.3 Å². The number of nitrogens with one attached hydrogen (secondary N) is 2. The molecule has 0 unspecified atom stereocenters. The van der Waals surface area contributed by atoms with Gasteiger partial charge in [0.25, 0.3) is 5.91 Å². The number of fused-ring (bicyclic) bond motifs is 13. The van der Waals surface area contributed by atoms with Crippen LogP contribution in [0.2, 0.25) is 0 Å². The minimum atomic E-state index is -0.833. The molecule has 4 amide bonds. The first-order chi connectivity index (χ1) is 19.4. The Labute approximate surface area is 243 Å². The van der Waals surface area contributed by atoms with E-state index in [2.05, 4.69) is 36.3 Å². The summed E-state index contributed by atoms with van der Waals surface area (Å²) < 4.78 is 10.9. The van der Waals surface area contributed by atoms with Gasteiger partial charge in [-0.15, -0.1) is 0 Å². The SMILES string of the molecule is CCN1CCN(C(=O)[C@@H]2Cc3ccc(cc3)OCC(=O)N[C@@H](CC(C)C)C(=O)N(CCOC)CC(=O)N2)CC1(C)C. The molecule has 2 atom stereocenters. The molecule has 3 aliphatic heterocycles. The third kappa shape index (κ3) is 9.16. The van der Waals surface area contributed by atoms with E-state index in [1.165, 1.54) is 12.0 Å². The van der Waals surface area contributed by atoms with Crippen LogP contribution in [0, 0.1) is 5.92 Å². The van der Waals surface area contributed by atoms with Gasteiger partial charge in [0, 0.05) is 45.2 Å². The largest absolute Gasteiger partial charge is 0.484 e. The molecule has 11 nitrogen and oxygen atoms in total. The second-order valence-corrected chi connectivity index (χ2v) is 11.9. The van der Waals surface area contributed by atoms with E-state index in [-0.39, 0.29) is 56.0 Å². The fourth-order valence-electron chi connectivity index (χ4n) is 5.52. The molecule has 4 rings (SSSR count). The van der Waals surface area contributed by atoms with Crippen LogP contribution in [0.15, 0.2) is 24.3 Å². The fourth-order valence-corrected chi connectivity index (χ4v) is 5.52. The summed E-state index contributed by atoms with van der Waals surface area (Å²) in [5, 5.41) is 5.71. The molecule has 11 heteroatoms. The summed E-state index contributed by atoms with van der Waals surface area (Å²) in [5.41, 5.74) is 0.645. The minimum Gasteiger partial charge on any atom is -0.484 e. The molecule has 3 heterocycles. The summed E-state index contributed by atoms with van der Waals surface area (Å²) in [6.45, 7) is 12.9. The Kier molecular flexibility index (Phi) is 11.5. The van der Waals surface area contributed by atoms with Crippen molar-refractivity contribution in [2.24, 2.45) is 5.92 Å². The van der Waals surface area contributed by atoms with Crippen molar-refractivity contribution in [3.05, 3.63) is 29.8 Å². The van der Waals surface area contributed by atoms with E-state index < -0.39 is 23.9 Å². The van der Waals surface area contributed by atoms with Crippen LogP contribution < -0.4 is 15.4 Å². The number of ether oxygens (including phenoxy) is 2. The lowest BCUT2D eigenvalue weighted by atomic mass is 9.97. The maximum absolute atomic E-state index is 13.9. The van der Waals surface area contributed by atoms with E-state index in [1.54, 1.807) is 12.1 Å². The van der Waals surface area contributed by atoms with Crippen molar-refractivity contribution >= 4 is 23.6 Å². The van der Waals surface area contributed by atoms with Gasteiger partial charge in [0.2, 0.25) is 17.7 Å². The summed E-state index contributed by atoms with van der Waals surface area (Å²) in [5.74, 6) is -0.790. The smallest absolute Gasteiger partial charge is 0.258 e. The van der Waals surface area contributed by atoms with Crippen molar-refractivity contribution in [2.45, 2.75) is 65.1 Å². The number of benzene rings is 1. The number of nitrogens with zero attached hydrogens (tertiary/aromatic N) is 3. The van der Waals surface area contributed by atoms with Gasteiger partial charge in [-0.25, -0.2) is 0 Å². The molecule has 3 aliphatic rings. The van der Waals surface area contributed by atoms with Gasteiger partial charge in [0.1, 0.15) is 17.8 Å². The summed E-state index contributed by atoms with van der Waals surface area (Å²) in [4.78, 5) is 59.2. The van der Waals surface area contributed by atoms with Crippen LogP contribution in [0.3, 0.4) is 0 Å². The minimum absolute atomic E-state index is 0.112. The number of hydrogen-bond acceptors (Lipinski definition) is 7. The molecule has 2 N–H and O–H groups in total. The maximum atomic E-state index is 13.9. The Balaban J connectivity index is 1.91. The van der Waals surface area contributed by atoms with Gasteiger partial charge in [-0.2, -0.15) is 0 Å². The predicted octanol–water partition coefficient (Wildman–Crippen LogP) is 1.05. The quantitative estimate of drug-likeness (QED) is 0.468. The topological polar surface area (TPSA) is 121 Å². The lowest BCUT2D eigenvalue weighted by Crippen LogP contribution is -2.63. The van der Waals surface area contributed by atoms with Gasteiger partial charge in [-0.1, -0.05) is 32.9 Å². The monoisotopic (exact) mass is 573 g/mol. The van der Waals surface area contributed by atoms with E-state index in [9.17, 15) is 19.2 Å². The molecular weight excluding hydrogens is 526 g/mol. The van der Waals surface area contributed by atoms with Crippen molar-refractivity contribution < 1.29 is 28.7 Å². The zero-order valence-corrected chi connectivity index (χ0v) is 25.4. The van der Waals surface area contributed by atoms with Crippen LogP contribution in [-0.4, -0.2) is 116 Å². The highest BCUT2D eigenvalue weighted by atomic mass is 16.5. The number of carbonyl (C=O) groups excluding carboxylic acids is 4. The molecule has 1 aromatic carbocycles. The van der Waals surface area contributed by atoms with Crippen LogP contribution in [0.1, 0.15) is 46.6 Å². The molecule has 0 saturated carbocycles. The highest BCUT2D eigenvalue weighted by Gasteiger charge is 2.37. The molecule has 2 bridgehead atoms. The molecule has 1 saturated heterocycles. The number of carbonyl (C=O) groups is 4. The second kappa shape index (κ2) is 14.6. The summed E-state index contributed by atoms with van der Waals surface area (Å²) in [7, 11) is 1.52. The van der Waals surface area contributed by atoms with E-state index >= 15 is 0 Å².